The Morgan fingerprint density at radius 2 is 2.00 bits per heavy atom. The molecule has 0 atom stereocenters. The molecule has 0 unspecified atom stereocenters. The van der Waals surface area contributed by atoms with Crippen LogP contribution in [0.15, 0.2) is 18.2 Å². The molecule has 19 heavy (non-hydrogen) atoms. The van der Waals surface area contributed by atoms with Crippen molar-refractivity contribution in [3.05, 3.63) is 34.6 Å². The molecule has 0 aliphatic heterocycles. The van der Waals surface area contributed by atoms with Crippen LogP contribution in [0.25, 0.3) is 0 Å². The number of Topliss-reactive ketones (excluding diaryl/α,β-unsaturated/α-hetero) is 1. The standard InChI is InChI=1S/C13H15ClFNO3/c1-13(2,3)19-12(18)16-7-11(17)9-5-4-8(15)6-10(9)14/h4-6H,7H2,1-3H3,(H,16,18). The zero-order valence-electron chi connectivity index (χ0n) is 10.9. The summed E-state index contributed by atoms with van der Waals surface area (Å²) in [4.78, 5) is 23.1. The van der Waals surface area contributed by atoms with Crippen LogP contribution in [0.2, 0.25) is 5.02 Å². The molecule has 1 rings (SSSR count). The number of nitrogens with one attached hydrogen (secondary N) is 1. The molecule has 0 aliphatic carbocycles. The Hall–Kier alpha value is -1.62. The molecular weight excluding hydrogens is 273 g/mol. The Morgan fingerprint density at radius 1 is 1.37 bits per heavy atom. The van der Waals surface area contributed by atoms with E-state index >= 15 is 0 Å². The fourth-order valence-corrected chi connectivity index (χ4v) is 1.55. The highest BCUT2D eigenvalue weighted by atomic mass is 35.5. The third-order valence-electron chi connectivity index (χ3n) is 2.02. The second-order valence-electron chi connectivity index (χ2n) is 4.90. The molecule has 0 spiro atoms. The third kappa shape index (κ3) is 5.26. The summed E-state index contributed by atoms with van der Waals surface area (Å²) in [5, 5.41) is 2.33. The second kappa shape index (κ2) is 6.02. The maximum absolute atomic E-state index is 12.8. The Morgan fingerprint density at radius 3 is 2.53 bits per heavy atom. The van der Waals surface area contributed by atoms with Crippen LogP contribution < -0.4 is 5.32 Å². The van der Waals surface area contributed by atoms with Crippen LogP contribution >= 0.6 is 11.6 Å². The number of carbonyl (C=O) groups excluding carboxylic acids is 2. The predicted molar refractivity (Wildman–Crippen MR) is 70.0 cm³/mol. The summed E-state index contributed by atoms with van der Waals surface area (Å²) in [5.41, 5.74) is -0.486. The molecule has 4 nitrogen and oxygen atoms in total. The fraction of sp³-hybridized carbons (Fsp3) is 0.385. The lowest BCUT2D eigenvalue weighted by Crippen LogP contribution is -2.35. The molecule has 6 heteroatoms. The lowest BCUT2D eigenvalue weighted by Gasteiger charge is -2.19. The van der Waals surface area contributed by atoms with Gasteiger partial charge in [-0.3, -0.25) is 4.79 Å². The average Bonchev–Trinajstić information content (AvgIpc) is 2.23. The maximum atomic E-state index is 12.8. The molecule has 1 aromatic carbocycles. The van der Waals surface area contributed by atoms with E-state index in [2.05, 4.69) is 5.32 Å². The van der Waals surface area contributed by atoms with Crippen molar-refractivity contribution >= 4 is 23.5 Å². The summed E-state index contributed by atoms with van der Waals surface area (Å²) in [5.74, 6) is -0.947. The number of hydrogen-bond acceptors (Lipinski definition) is 3. The third-order valence-corrected chi connectivity index (χ3v) is 2.34. The van der Waals surface area contributed by atoms with E-state index in [1.165, 1.54) is 6.07 Å². The van der Waals surface area contributed by atoms with Crippen molar-refractivity contribution in [2.24, 2.45) is 0 Å². The topological polar surface area (TPSA) is 55.4 Å². The molecule has 0 heterocycles. The van der Waals surface area contributed by atoms with E-state index in [4.69, 9.17) is 16.3 Å². The Labute approximate surface area is 115 Å². The second-order valence-corrected chi connectivity index (χ2v) is 5.31. The van der Waals surface area contributed by atoms with E-state index in [-0.39, 0.29) is 17.1 Å². The predicted octanol–water partition coefficient (Wildman–Crippen LogP) is 3.19. The Balaban J connectivity index is 2.59. The number of carbonyl (C=O) groups is 2. The van der Waals surface area contributed by atoms with E-state index < -0.39 is 23.3 Å². The van der Waals surface area contributed by atoms with Crippen LogP contribution in [0, 0.1) is 5.82 Å². The molecule has 0 radical (unpaired) electrons. The van der Waals surface area contributed by atoms with E-state index in [0.29, 0.717) is 0 Å². The first-order valence-corrected chi connectivity index (χ1v) is 6.02. The molecular formula is C13H15ClFNO3. The van der Waals surface area contributed by atoms with E-state index in [1.807, 2.05) is 0 Å². The van der Waals surface area contributed by atoms with Crippen LogP contribution in [-0.4, -0.2) is 24.0 Å². The summed E-state index contributed by atoms with van der Waals surface area (Å²) in [6.45, 7) is 4.88. The van der Waals surface area contributed by atoms with Gasteiger partial charge in [-0.05, 0) is 39.0 Å². The Kier molecular flexibility index (Phi) is 4.89. The van der Waals surface area contributed by atoms with Crippen molar-refractivity contribution in [1.82, 2.24) is 5.32 Å². The van der Waals surface area contributed by atoms with E-state index in [9.17, 15) is 14.0 Å². The zero-order chi connectivity index (χ0) is 14.6. The number of rotatable bonds is 3. The van der Waals surface area contributed by atoms with Gasteiger partial charge in [0.2, 0.25) is 0 Å². The molecule has 0 bridgehead atoms. The molecule has 1 N–H and O–H groups in total. The number of amides is 1. The van der Waals surface area contributed by atoms with Crippen molar-refractivity contribution in [3.63, 3.8) is 0 Å². The largest absolute Gasteiger partial charge is 0.444 e. The molecule has 0 aromatic heterocycles. The van der Waals surface area contributed by atoms with Crippen LogP contribution in [0.5, 0.6) is 0 Å². The first-order chi connectivity index (χ1) is 8.69. The van der Waals surface area contributed by atoms with Gasteiger partial charge in [-0.15, -0.1) is 0 Å². The quantitative estimate of drug-likeness (QED) is 0.869. The molecule has 0 saturated carbocycles. The highest BCUT2D eigenvalue weighted by Gasteiger charge is 2.17. The van der Waals surface area contributed by atoms with Crippen LogP contribution in [-0.2, 0) is 4.74 Å². The van der Waals surface area contributed by atoms with Crippen molar-refractivity contribution in [2.75, 3.05) is 6.54 Å². The smallest absolute Gasteiger partial charge is 0.408 e. The molecule has 0 aliphatic rings. The van der Waals surface area contributed by atoms with Gasteiger partial charge in [0.25, 0.3) is 0 Å². The summed E-state index contributed by atoms with van der Waals surface area (Å²) in [7, 11) is 0. The molecule has 0 saturated heterocycles. The fourth-order valence-electron chi connectivity index (χ4n) is 1.28. The van der Waals surface area contributed by atoms with E-state index in [0.717, 1.165) is 12.1 Å². The van der Waals surface area contributed by atoms with E-state index in [1.54, 1.807) is 20.8 Å². The Bertz CT molecular complexity index is 497. The molecule has 1 amide bonds. The van der Waals surface area contributed by atoms with Gasteiger partial charge in [0.05, 0.1) is 11.6 Å². The lowest BCUT2D eigenvalue weighted by atomic mass is 10.1. The maximum Gasteiger partial charge on any atom is 0.408 e. The highest BCUT2D eigenvalue weighted by Crippen LogP contribution is 2.17. The normalized spacial score (nSPS) is 11.0. The summed E-state index contributed by atoms with van der Waals surface area (Å²) >= 11 is 5.74. The summed E-state index contributed by atoms with van der Waals surface area (Å²) in [6, 6.07) is 3.45. The van der Waals surface area contributed by atoms with Crippen molar-refractivity contribution in [2.45, 2.75) is 26.4 Å². The zero-order valence-corrected chi connectivity index (χ0v) is 11.7. The van der Waals surface area contributed by atoms with Crippen LogP contribution in [0.3, 0.4) is 0 Å². The monoisotopic (exact) mass is 287 g/mol. The van der Waals surface area contributed by atoms with Gasteiger partial charge in [-0.1, -0.05) is 11.6 Å². The highest BCUT2D eigenvalue weighted by molar-refractivity contribution is 6.34. The van der Waals surface area contributed by atoms with Gasteiger partial charge in [0.15, 0.2) is 5.78 Å². The van der Waals surface area contributed by atoms with Crippen molar-refractivity contribution in [3.8, 4) is 0 Å². The number of halogens is 2. The van der Waals surface area contributed by atoms with Gasteiger partial charge in [-0.25, -0.2) is 9.18 Å². The number of ketones is 1. The van der Waals surface area contributed by atoms with Gasteiger partial charge >= 0.3 is 6.09 Å². The number of ether oxygens (including phenoxy) is 1. The summed E-state index contributed by atoms with van der Waals surface area (Å²) < 4.78 is 17.8. The van der Waals surface area contributed by atoms with Gasteiger partial charge in [-0.2, -0.15) is 0 Å². The van der Waals surface area contributed by atoms with Gasteiger partial charge in [0, 0.05) is 5.56 Å². The van der Waals surface area contributed by atoms with Gasteiger partial charge in [0.1, 0.15) is 11.4 Å². The molecule has 0 fully saturated rings. The van der Waals surface area contributed by atoms with Gasteiger partial charge < -0.3 is 10.1 Å². The number of alkyl carbamates (subject to hydrolysis) is 1. The average molecular weight is 288 g/mol. The van der Waals surface area contributed by atoms with Crippen LogP contribution in [0.1, 0.15) is 31.1 Å². The SMILES string of the molecule is CC(C)(C)OC(=O)NCC(=O)c1ccc(F)cc1Cl. The van der Waals surface area contributed by atoms with Crippen LogP contribution in [0.4, 0.5) is 9.18 Å². The first-order valence-electron chi connectivity index (χ1n) is 5.64. The van der Waals surface area contributed by atoms with Crippen molar-refractivity contribution in [1.29, 1.82) is 0 Å². The lowest BCUT2D eigenvalue weighted by molar-refractivity contribution is 0.0520. The number of hydrogen-bond donors (Lipinski definition) is 1. The van der Waals surface area contributed by atoms with Crippen molar-refractivity contribution < 1.29 is 18.7 Å². The number of benzene rings is 1. The minimum Gasteiger partial charge on any atom is -0.444 e. The molecule has 1 aromatic rings. The molecule has 104 valence electrons. The summed E-state index contributed by atoms with van der Waals surface area (Å²) in [6.07, 6.45) is -0.695. The minimum absolute atomic E-state index is 0.0102. The minimum atomic E-state index is -0.695. The first kappa shape index (κ1) is 15.4.